The van der Waals surface area contributed by atoms with Gasteiger partial charge in [-0.05, 0) is 42.8 Å². The molecular weight excluding hydrogens is 452 g/mol. The molecule has 154 valence electrons. The average molecular weight is 471 g/mol. The molecule has 1 fully saturated rings. The molecule has 0 atom stereocenters. The number of barbiturate groups is 1. The molecule has 1 saturated heterocycles. The maximum atomic E-state index is 13.0. The summed E-state index contributed by atoms with van der Waals surface area (Å²) in [5.74, 6) is -0.596. The number of nitrogens with zero attached hydrogens (tertiary/aromatic N) is 1. The van der Waals surface area contributed by atoms with Crippen molar-refractivity contribution in [2.24, 2.45) is 0 Å². The fraction of sp³-hybridized carbons (Fsp3) is 0.136. The fourth-order valence-corrected chi connectivity index (χ4v) is 3.26. The van der Waals surface area contributed by atoms with Crippen LogP contribution in [0.3, 0.4) is 0 Å². The number of imide groups is 2. The first kappa shape index (κ1) is 21.3. The number of rotatable bonds is 6. The number of carbonyl (C=O) groups is 3. The number of nitrogens with one attached hydrogen (secondary N) is 1. The lowest BCUT2D eigenvalue weighted by Gasteiger charge is -2.26. The highest BCUT2D eigenvalue weighted by molar-refractivity contribution is 9.10. The van der Waals surface area contributed by atoms with Gasteiger partial charge in [0.15, 0.2) is 11.5 Å². The predicted octanol–water partition coefficient (Wildman–Crippen LogP) is 4.00. The van der Waals surface area contributed by atoms with Crippen LogP contribution in [0.4, 0.5) is 10.5 Å². The molecule has 0 saturated carbocycles. The van der Waals surface area contributed by atoms with Gasteiger partial charge in [0.2, 0.25) is 0 Å². The van der Waals surface area contributed by atoms with Crippen molar-refractivity contribution in [3.63, 3.8) is 0 Å². The third-order valence-corrected chi connectivity index (χ3v) is 5.02. The highest BCUT2D eigenvalue weighted by Gasteiger charge is 2.36. The summed E-state index contributed by atoms with van der Waals surface area (Å²) >= 11 is 3.42. The SMILES string of the molecule is C=CCOc1cc(Br)c(C=C2C(=O)NC(=O)N(c3ccc(C)cc3)C2=O)cc1OC. The molecule has 1 aliphatic rings. The van der Waals surface area contributed by atoms with Crippen LogP contribution in [0.1, 0.15) is 11.1 Å². The summed E-state index contributed by atoms with van der Waals surface area (Å²) in [6.45, 7) is 5.79. The first-order chi connectivity index (χ1) is 14.3. The number of hydrogen-bond donors (Lipinski definition) is 1. The van der Waals surface area contributed by atoms with Crippen LogP contribution in [0.5, 0.6) is 11.5 Å². The van der Waals surface area contributed by atoms with E-state index in [4.69, 9.17) is 9.47 Å². The monoisotopic (exact) mass is 470 g/mol. The molecule has 0 aliphatic carbocycles. The van der Waals surface area contributed by atoms with Crippen molar-refractivity contribution >= 4 is 45.5 Å². The van der Waals surface area contributed by atoms with E-state index < -0.39 is 17.8 Å². The Hall–Kier alpha value is -3.39. The Morgan fingerprint density at radius 1 is 1.13 bits per heavy atom. The zero-order chi connectivity index (χ0) is 21.8. The summed E-state index contributed by atoms with van der Waals surface area (Å²) < 4.78 is 11.5. The van der Waals surface area contributed by atoms with E-state index in [0.29, 0.717) is 27.2 Å². The van der Waals surface area contributed by atoms with Crippen molar-refractivity contribution in [1.29, 1.82) is 0 Å². The highest BCUT2D eigenvalue weighted by atomic mass is 79.9. The highest BCUT2D eigenvalue weighted by Crippen LogP contribution is 2.35. The number of hydrogen-bond acceptors (Lipinski definition) is 5. The molecule has 1 heterocycles. The predicted molar refractivity (Wildman–Crippen MR) is 117 cm³/mol. The van der Waals surface area contributed by atoms with Crippen LogP contribution < -0.4 is 19.7 Å². The molecule has 30 heavy (non-hydrogen) atoms. The molecule has 3 rings (SSSR count). The van der Waals surface area contributed by atoms with E-state index in [2.05, 4.69) is 27.8 Å². The third kappa shape index (κ3) is 4.28. The van der Waals surface area contributed by atoms with Crippen molar-refractivity contribution in [1.82, 2.24) is 5.32 Å². The Labute approximate surface area is 182 Å². The molecular formula is C22H19BrN2O5. The second-order valence-electron chi connectivity index (χ2n) is 6.42. The first-order valence-corrected chi connectivity index (χ1v) is 9.74. The number of methoxy groups -OCH3 is 1. The van der Waals surface area contributed by atoms with E-state index in [9.17, 15) is 14.4 Å². The molecule has 4 amide bonds. The minimum absolute atomic E-state index is 0.183. The van der Waals surface area contributed by atoms with Gasteiger partial charge in [-0.2, -0.15) is 0 Å². The van der Waals surface area contributed by atoms with Gasteiger partial charge in [0, 0.05) is 4.47 Å². The summed E-state index contributed by atoms with van der Waals surface area (Å²) in [6.07, 6.45) is 3.00. The number of ether oxygens (including phenoxy) is 2. The Morgan fingerprint density at radius 3 is 2.47 bits per heavy atom. The molecule has 1 N–H and O–H groups in total. The number of benzene rings is 2. The van der Waals surface area contributed by atoms with Crippen LogP contribution in [0.2, 0.25) is 0 Å². The quantitative estimate of drug-likeness (QED) is 0.391. The zero-order valence-corrected chi connectivity index (χ0v) is 18.0. The van der Waals surface area contributed by atoms with Gasteiger partial charge >= 0.3 is 6.03 Å². The van der Waals surface area contributed by atoms with E-state index in [1.165, 1.54) is 13.2 Å². The van der Waals surface area contributed by atoms with E-state index in [1.54, 1.807) is 42.5 Å². The molecule has 0 aromatic heterocycles. The van der Waals surface area contributed by atoms with Crippen LogP contribution in [0, 0.1) is 6.92 Å². The molecule has 8 heteroatoms. The normalized spacial score (nSPS) is 15.2. The Morgan fingerprint density at radius 2 is 1.83 bits per heavy atom. The number of anilines is 1. The third-order valence-electron chi connectivity index (χ3n) is 4.33. The summed E-state index contributed by atoms with van der Waals surface area (Å²) in [5.41, 5.74) is 1.67. The minimum Gasteiger partial charge on any atom is -0.493 e. The van der Waals surface area contributed by atoms with Crippen molar-refractivity contribution in [2.75, 3.05) is 18.6 Å². The standard InChI is InChI=1S/C22H19BrN2O5/c1-4-9-30-19-12-17(23)14(11-18(19)29-3)10-16-20(26)24-22(28)25(21(16)27)15-7-5-13(2)6-8-15/h4-8,10-12H,1,9H2,2-3H3,(H,24,26,28). The second kappa shape index (κ2) is 8.96. The zero-order valence-electron chi connectivity index (χ0n) is 16.4. The van der Waals surface area contributed by atoms with Gasteiger partial charge < -0.3 is 9.47 Å². The molecule has 0 spiro atoms. The topological polar surface area (TPSA) is 84.9 Å². The number of amides is 4. The van der Waals surface area contributed by atoms with E-state index >= 15 is 0 Å². The van der Waals surface area contributed by atoms with Crippen molar-refractivity contribution < 1.29 is 23.9 Å². The lowest BCUT2D eigenvalue weighted by Crippen LogP contribution is -2.54. The van der Waals surface area contributed by atoms with Gasteiger partial charge in [-0.3, -0.25) is 14.9 Å². The summed E-state index contributed by atoms with van der Waals surface area (Å²) in [5, 5.41) is 2.21. The molecule has 1 aliphatic heterocycles. The Balaban J connectivity index is 2.02. The molecule has 7 nitrogen and oxygen atoms in total. The minimum atomic E-state index is -0.796. The Bertz CT molecular complexity index is 1060. The van der Waals surface area contributed by atoms with E-state index in [0.717, 1.165) is 10.5 Å². The summed E-state index contributed by atoms with van der Waals surface area (Å²) in [4.78, 5) is 38.6. The van der Waals surface area contributed by atoms with Crippen LogP contribution in [-0.4, -0.2) is 31.6 Å². The first-order valence-electron chi connectivity index (χ1n) is 8.95. The fourth-order valence-electron chi connectivity index (χ4n) is 2.82. The Kier molecular flexibility index (Phi) is 6.37. The van der Waals surface area contributed by atoms with Gasteiger partial charge in [0.1, 0.15) is 12.2 Å². The lowest BCUT2D eigenvalue weighted by atomic mass is 10.1. The van der Waals surface area contributed by atoms with Gasteiger partial charge in [0.05, 0.1) is 12.8 Å². The van der Waals surface area contributed by atoms with Crippen LogP contribution in [-0.2, 0) is 9.59 Å². The molecule has 0 radical (unpaired) electrons. The number of carbonyl (C=O) groups excluding carboxylic acids is 3. The van der Waals surface area contributed by atoms with Crippen molar-refractivity contribution in [3.05, 3.63) is 70.2 Å². The maximum Gasteiger partial charge on any atom is 0.335 e. The number of halogens is 1. The average Bonchev–Trinajstić information content (AvgIpc) is 2.71. The number of aryl methyl sites for hydroxylation is 1. The molecule has 0 unspecified atom stereocenters. The van der Waals surface area contributed by atoms with Crippen molar-refractivity contribution in [3.8, 4) is 11.5 Å². The van der Waals surface area contributed by atoms with Crippen LogP contribution in [0.25, 0.3) is 6.08 Å². The summed E-state index contributed by atoms with van der Waals surface area (Å²) in [7, 11) is 1.48. The molecule has 0 bridgehead atoms. The van der Waals surface area contributed by atoms with Crippen LogP contribution in [0.15, 0.2) is 59.1 Å². The maximum absolute atomic E-state index is 13.0. The summed E-state index contributed by atoms with van der Waals surface area (Å²) in [6, 6.07) is 9.34. The number of urea groups is 1. The van der Waals surface area contributed by atoms with Gasteiger partial charge in [-0.15, -0.1) is 0 Å². The van der Waals surface area contributed by atoms with Gasteiger partial charge in [0.25, 0.3) is 11.8 Å². The lowest BCUT2D eigenvalue weighted by molar-refractivity contribution is -0.122. The van der Waals surface area contributed by atoms with Gasteiger partial charge in [-0.1, -0.05) is 46.3 Å². The van der Waals surface area contributed by atoms with E-state index in [-0.39, 0.29) is 12.2 Å². The van der Waals surface area contributed by atoms with E-state index in [1.807, 2.05) is 6.92 Å². The largest absolute Gasteiger partial charge is 0.493 e. The van der Waals surface area contributed by atoms with Crippen LogP contribution >= 0.6 is 15.9 Å². The molecule has 2 aromatic carbocycles. The second-order valence-corrected chi connectivity index (χ2v) is 7.27. The molecule has 2 aromatic rings. The van der Waals surface area contributed by atoms with Crippen molar-refractivity contribution in [2.45, 2.75) is 6.92 Å². The smallest absolute Gasteiger partial charge is 0.335 e. The van der Waals surface area contributed by atoms with Gasteiger partial charge in [-0.25, -0.2) is 9.69 Å².